The lowest BCUT2D eigenvalue weighted by Crippen LogP contribution is -2.37. The zero-order chi connectivity index (χ0) is 21.5. The first-order valence-corrected chi connectivity index (χ1v) is 11.1. The number of aliphatic hydroxyl groups excluding tert-OH is 1. The molecule has 1 aromatic heterocycles. The number of benzene rings is 2. The van der Waals surface area contributed by atoms with Crippen molar-refractivity contribution in [2.24, 2.45) is 0 Å². The van der Waals surface area contributed by atoms with Crippen LogP contribution in [0.15, 0.2) is 53.9 Å². The van der Waals surface area contributed by atoms with Gasteiger partial charge in [-0.15, -0.1) is 11.3 Å². The summed E-state index contributed by atoms with van der Waals surface area (Å²) in [4.78, 5) is 19.3. The Bertz CT molecular complexity index is 978. The van der Waals surface area contributed by atoms with Crippen molar-refractivity contribution in [1.82, 2.24) is 9.88 Å². The highest BCUT2D eigenvalue weighted by Crippen LogP contribution is 2.27. The molecule has 3 aromatic rings. The average molecular weight is 445 g/mol. The van der Waals surface area contributed by atoms with Crippen molar-refractivity contribution in [2.75, 3.05) is 0 Å². The molecule has 1 atom stereocenters. The van der Waals surface area contributed by atoms with Gasteiger partial charge in [0.05, 0.1) is 12.3 Å². The van der Waals surface area contributed by atoms with E-state index in [4.69, 9.17) is 16.3 Å². The molecule has 0 radical (unpaired) electrons. The summed E-state index contributed by atoms with van der Waals surface area (Å²) < 4.78 is 6.01. The summed E-state index contributed by atoms with van der Waals surface area (Å²) in [5.41, 5.74) is 2.12. The van der Waals surface area contributed by atoms with Crippen molar-refractivity contribution in [3.05, 3.63) is 80.8 Å². The Morgan fingerprint density at radius 3 is 2.70 bits per heavy atom. The summed E-state index contributed by atoms with van der Waals surface area (Å²) in [6.45, 7) is 4.69. The van der Waals surface area contributed by atoms with Gasteiger partial charge in [0.25, 0.3) is 5.91 Å². The van der Waals surface area contributed by atoms with Crippen LogP contribution >= 0.6 is 22.9 Å². The molecule has 0 aliphatic carbocycles. The van der Waals surface area contributed by atoms with Gasteiger partial charge in [-0.05, 0) is 43.7 Å². The lowest BCUT2D eigenvalue weighted by atomic mass is 10.1. The van der Waals surface area contributed by atoms with Crippen LogP contribution in [0.3, 0.4) is 0 Å². The number of carbonyl (C=O) groups is 1. The molecule has 0 bridgehead atoms. The molecule has 5 nitrogen and oxygen atoms in total. The molecule has 0 saturated carbocycles. The first-order valence-electron chi connectivity index (χ1n) is 9.83. The number of carbonyl (C=O) groups excluding carboxylic acids is 1. The van der Waals surface area contributed by atoms with Crippen LogP contribution in [0.1, 0.15) is 46.9 Å². The number of amides is 1. The highest BCUT2D eigenvalue weighted by atomic mass is 35.5. The second-order valence-corrected chi connectivity index (χ2v) is 8.37. The van der Waals surface area contributed by atoms with E-state index in [0.29, 0.717) is 28.6 Å². The molecular formula is C23H25ClN2O3S. The Labute approximate surface area is 185 Å². The van der Waals surface area contributed by atoms with Crippen LogP contribution in [0.2, 0.25) is 5.02 Å². The lowest BCUT2D eigenvalue weighted by Gasteiger charge is -2.29. The number of thiazole rings is 1. The van der Waals surface area contributed by atoms with Gasteiger partial charge >= 0.3 is 0 Å². The highest BCUT2D eigenvalue weighted by molar-refractivity contribution is 7.09. The van der Waals surface area contributed by atoms with Crippen molar-refractivity contribution in [1.29, 1.82) is 0 Å². The first kappa shape index (κ1) is 22.3. The van der Waals surface area contributed by atoms with Gasteiger partial charge in [-0.3, -0.25) is 4.79 Å². The van der Waals surface area contributed by atoms with E-state index in [1.54, 1.807) is 6.07 Å². The van der Waals surface area contributed by atoms with E-state index in [1.807, 2.05) is 59.7 Å². The Morgan fingerprint density at radius 2 is 2.03 bits per heavy atom. The molecule has 0 fully saturated rings. The summed E-state index contributed by atoms with van der Waals surface area (Å²) >= 11 is 7.69. The van der Waals surface area contributed by atoms with Crippen molar-refractivity contribution in [3.8, 4) is 5.75 Å². The predicted octanol–water partition coefficient (Wildman–Crippen LogP) is 5.31. The van der Waals surface area contributed by atoms with Gasteiger partial charge in [0, 0.05) is 34.1 Å². The lowest BCUT2D eigenvalue weighted by molar-refractivity contribution is 0.0669. The second-order valence-electron chi connectivity index (χ2n) is 6.99. The van der Waals surface area contributed by atoms with E-state index in [0.717, 1.165) is 17.0 Å². The van der Waals surface area contributed by atoms with Crippen molar-refractivity contribution >= 4 is 28.8 Å². The molecule has 0 aliphatic heterocycles. The quantitative estimate of drug-likeness (QED) is 0.485. The Kier molecular flexibility index (Phi) is 7.85. The first-order chi connectivity index (χ1) is 14.5. The molecule has 158 valence electrons. The minimum absolute atomic E-state index is 0.0246. The molecule has 1 N–H and O–H groups in total. The van der Waals surface area contributed by atoms with Gasteiger partial charge in [-0.2, -0.15) is 0 Å². The van der Waals surface area contributed by atoms with Gasteiger partial charge in [-0.25, -0.2) is 4.98 Å². The number of hydrogen-bond donors (Lipinski definition) is 1. The molecule has 1 unspecified atom stereocenters. The van der Waals surface area contributed by atoms with Crippen LogP contribution in [0, 0.1) is 0 Å². The third-order valence-corrected chi connectivity index (χ3v) is 5.99. The number of nitrogens with zero attached hydrogens (tertiary/aromatic N) is 2. The van der Waals surface area contributed by atoms with Crippen LogP contribution in [0.25, 0.3) is 0 Å². The standard InChI is InChI=1S/C23H25ClN2O3S/c1-3-16(2)26(23(28)17-7-5-4-6-8-17)12-18-11-19(24)9-10-21(18)29-14-22-25-20(13-27)15-30-22/h4-11,15-16,27H,3,12-14H2,1-2H3. The van der Waals surface area contributed by atoms with Crippen LogP contribution in [-0.2, 0) is 19.8 Å². The van der Waals surface area contributed by atoms with Crippen molar-refractivity contribution in [2.45, 2.75) is 46.1 Å². The maximum Gasteiger partial charge on any atom is 0.254 e. The number of ether oxygens (including phenoxy) is 1. The third kappa shape index (κ3) is 5.59. The van der Waals surface area contributed by atoms with Crippen LogP contribution in [0.5, 0.6) is 5.75 Å². The van der Waals surface area contributed by atoms with E-state index < -0.39 is 0 Å². The minimum Gasteiger partial charge on any atom is -0.486 e. The fourth-order valence-corrected chi connectivity index (χ4v) is 3.91. The topological polar surface area (TPSA) is 62.7 Å². The molecule has 0 saturated heterocycles. The monoisotopic (exact) mass is 444 g/mol. The van der Waals surface area contributed by atoms with Gasteiger partial charge in [0.15, 0.2) is 0 Å². The SMILES string of the molecule is CCC(C)N(Cc1cc(Cl)ccc1OCc1nc(CO)cs1)C(=O)c1ccccc1. The Morgan fingerprint density at radius 1 is 1.27 bits per heavy atom. The summed E-state index contributed by atoms with van der Waals surface area (Å²) in [5.74, 6) is 0.637. The van der Waals surface area contributed by atoms with Gasteiger partial charge in [-0.1, -0.05) is 36.7 Å². The predicted molar refractivity (Wildman–Crippen MR) is 120 cm³/mol. The summed E-state index contributed by atoms with van der Waals surface area (Å²) in [6, 6.07) is 14.8. The van der Waals surface area contributed by atoms with Crippen LogP contribution < -0.4 is 4.74 Å². The number of aromatic nitrogens is 1. The van der Waals surface area contributed by atoms with E-state index in [2.05, 4.69) is 11.9 Å². The fourth-order valence-electron chi connectivity index (χ4n) is 3.02. The van der Waals surface area contributed by atoms with E-state index in [9.17, 15) is 9.90 Å². The van der Waals surface area contributed by atoms with E-state index in [1.165, 1.54) is 11.3 Å². The maximum absolute atomic E-state index is 13.2. The van der Waals surface area contributed by atoms with Crippen molar-refractivity contribution < 1.29 is 14.6 Å². The second kappa shape index (κ2) is 10.6. The molecular weight excluding hydrogens is 420 g/mol. The Hall–Kier alpha value is -2.41. The third-order valence-electron chi connectivity index (χ3n) is 4.88. The molecule has 0 spiro atoms. The number of rotatable bonds is 9. The molecule has 3 rings (SSSR count). The number of halogens is 1. The molecule has 1 heterocycles. The summed E-state index contributed by atoms with van der Waals surface area (Å²) in [7, 11) is 0. The summed E-state index contributed by atoms with van der Waals surface area (Å²) in [6.07, 6.45) is 0.832. The average Bonchev–Trinajstić information content (AvgIpc) is 3.24. The van der Waals surface area contributed by atoms with E-state index in [-0.39, 0.29) is 25.2 Å². The smallest absolute Gasteiger partial charge is 0.254 e. The zero-order valence-electron chi connectivity index (χ0n) is 17.0. The normalized spacial score (nSPS) is 11.9. The van der Waals surface area contributed by atoms with Crippen LogP contribution in [-0.4, -0.2) is 26.9 Å². The largest absolute Gasteiger partial charge is 0.486 e. The highest BCUT2D eigenvalue weighted by Gasteiger charge is 2.22. The van der Waals surface area contributed by atoms with Gasteiger partial charge < -0.3 is 14.7 Å². The fraction of sp³-hybridized carbons (Fsp3) is 0.304. The molecule has 2 aromatic carbocycles. The molecule has 7 heteroatoms. The molecule has 0 aliphatic rings. The van der Waals surface area contributed by atoms with Crippen molar-refractivity contribution in [3.63, 3.8) is 0 Å². The summed E-state index contributed by atoms with van der Waals surface area (Å²) in [5, 5.41) is 12.4. The minimum atomic E-state index is -0.0891. The van der Waals surface area contributed by atoms with E-state index >= 15 is 0 Å². The maximum atomic E-state index is 13.2. The molecule has 30 heavy (non-hydrogen) atoms. The zero-order valence-corrected chi connectivity index (χ0v) is 18.6. The molecule has 1 amide bonds. The van der Waals surface area contributed by atoms with Gasteiger partial charge in [0.1, 0.15) is 17.4 Å². The number of hydrogen-bond acceptors (Lipinski definition) is 5. The number of aliphatic hydroxyl groups is 1. The van der Waals surface area contributed by atoms with Gasteiger partial charge in [0.2, 0.25) is 0 Å². The Balaban J connectivity index is 1.83. The van der Waals surface area contributed by atoms with Crippen LogP contribution in [0.4, 0.5) is 0 Å².